The van der Waals surface area contributed by atoms with E-state index in [4.69, 9.17) is 0 Å². The number of aromatic nitrogens is 1. The Hall–Kier alpha value is -0.0600. The Bertz CT molecular complexity index is 286. The highest BCUT2D eigenvalue weighted by molar-refractivity contribution is 7.98. The second-order valence-electron chi connectivity index (χ2n) is 3.98. The lowest BCUT2D eigenvalue weighted by molar-refractivity contribution is 0.530. The van der Waals surface area contributed by atoms with Gasteiger partial charge in [-0.3, -0.25) is 0 Å². The second kappa shape index (κ2) is 8.09. The third kappa shape index (κ3) is 5.32. The molecule has 0 aliphatic carbocycles. The molecular weight excluding hydrogens is 236 g/mol. The minimum atomic E-state index is 0.583. The summed E-state index contributed by atoms with van der Waals surface area (Å²) in [5.41, 5.74) is 1.19. The summed E-state index contributed by atoms with van der Waals surface area (Å²) in [4.78, 5) is 4.62. The molecule has 0 fully saturated rings. The Labute approximate surface area is 107 Å². The van der Waals surface area contributed by atoms with Gasteiger partial charge in [0.15, 0.2) is 0 Å². The van der Waals surface area contributed by atoms with Gasteiger partial charge in [0, 0.05) is 23.7 Å². The minimum Gasteiger partial charge on any atom is -0.309 e. The Kier molecular flexibility index (Phi) is 7.08. The molecule has 0 aliphatic rings. The van der Waals surface area contributed by atoms with E-state index in [1.54, 1.807) is 11.3 Å². The van der Waals surface area contributed by atoms with Gasteiger partial charge in [-0.2, -0.15) is 11.8 Å². The van der Waals surface area contributed by atoms with Crippen LogP contribution in [0.1, 0.15) is 44.3 Å². The molecule has 4 heteroatoms. The minimum absolute atomic E-state index is 0.583. The van der Waals surface area contributed by atoms with Gasteiger partial charge in [-0.25, -0.2) is 4.98 Å². The molecule has 0 saturated heterocycles. The van der Waals surface area contributed by atoms with Crippen molar-refractivity contribution in [2.45, 2.75) is 52.0 Å². The maximum atomic E-state index is 4.62. The van der Waals surface area contributed by atoms with Crippen molar-refractivity contribution < 1.29 is 0 Å². The summed E-state index contributed by atoms with van der Waals surface area (Å²) in [5, 5.41) is 6.91. The smallest absolute Gasteiger partial charge is 0.103 e. The number of nitrogens with one attached hydrogen (secondary N) is 1. The van der Waals surface area contributed by atoms with Crippen molar-refractivity contribution >= 4 is 23.1 Å². The van der Waals surface area contributed by atoms with E-state index in [-0.39, 0.29) is 0 Å². The molecular formula is C12H22N2S2. The molecule has 0 amide bonds. The van der Waals surface area contributed by atoms with E-state index in [0.717, 1.165) is 12.3 Å². The molecule has 0 saturated carbocycles. The molecule has 0 aliphatic heterocycles. The Morgan fingerprint density at radius 3 is 3.00 bits per heavy atom. The lowest BCUT2D eigenvalue weighted by Gasteiger charge is -2.08. The summed E-state index contributed by atoms with van der Waals surface area (Å²) in [7, 11) is 0. The fourth-order valence-electron chi connectivity index (χ4n) is 1.22. The molecule has 1 heterocycles. The van der Waals surface area contributed by atoms with Gasteiger partial charge in [0.25, 0.3) is 0 Å². The summed E-state index contributed by atoms with van der Waals surface area (Å²) in [5.74, 6) is 2.31. The molecule has 0 radical (unpaired) electrons. The van der Waals surface area contributed by atoms with Gasteiger partial charge in [0.05, 0.1) is 5.69 Å². The van der Waals surface area contributed by atoms with Gasteiger partial charge >= 0.3 is 0 Å². The number of thioether (sulfide) groups is 1. The van der Waals surface area contributed by atoms with Crippen molar-refractivity contribution in [1.29, 1.82) is 0 Å². The topological polar surface area (TPSA) is 24.9 Å². The van der Waals surface area contributed by atoms with Crippen LogP contribution in [0.3, 0.4) is 0 Å². The predicted octanol–water partition coefficient (Wildman–Crippen LogP) is 3.67. The third-order valence-corrected chi connectivity index (χ3v) is 4.67. The number of thiazole rings is 1. The third-order valence-electron chi connectivity index (χ3n) is 2.42. The molecule has 1 atom stereocenters. The second-order valence-corrected chi connectivity index (χ2v) is 6.02. The monoisotopic (exact) mass is 258 g/mol. The Morgan fingerprint density at radius 2 is 2.31 bits per heavy atom. The predicted molar refractivity (Wildman–Crippen MR) is 75.2 cm³/mol. The Balaban J connectivity index is 2.28. The van der Waals surface area contributed by atoms with E-state index in [0.29, 0.717) is 6.04 Å². The molecule has 1 unspecified atom stereocenters. The molecule has 1 aromatic rings. The zero-order valence-electron chi connectivity index (χ0n) is 10.5. The fraction of sp³-hybridized carbons (Fsp3) is 0.750. The van der Waals surface area contributed by atoms with Gasteiger partial charge in [0.2, 0.25) is 0 Å². The van der Waals surface area contributed by atoms with Crippen LogP contribution in [0.2, 0.25) is 0 Å². The van der Waals surface area contributed by atoms with Crippen LogP contribution in [-0.4, -0.2) is 16.8 Å². The van der Waals surface area contributed by atoms with Gasteiger partial charge in [-0.15, -0.1) is 11.3 Å². The number of rotatable bonds is 8. The van der Waals surface area contributed by atoms with Crippen LogP contribution in [-0.2, 0) is 12.3 Å². The highest BCUT2D eigenvalue weighted by Gasteiger charge is 2.03. The van der Waals surface area contributed by atoms with Crippen molar-refractivity contribution in [3.8, 4) is 0 Å². The van der Waals surface area contributed by atoms with Crippen LogP contribution in [0, 0.1) is 0 Å². The van der Waals surface area contributed by atoms with Crippen molar-refractivity contribution in [3.05, 3.63) is 16.1 Å². The lowest BCUT2D eigenvalue weighted by Crippen LogP contribution is -2.24. The highest BCUT2D eigenvalue weighted by atomic mass is 32.2. The molecule has 0 bridgehead atoms. The summed E-state index contributed by atoms with van der Waals surface area (Å²) in [6.45, 7) is 7.54. The molecule has 1 aromatic heterocycles. The zero-order valence-corrected chi connectivity index (χ0v) is 12.1. The largest absolute Gasteiger partial charge is 0.309 e. The maximum absolute atomic E-state index is 4.62. The zero-order chi connectivity index (χ0) is 11.8. The standard InChI is InChI=1S/C12H22N2S2/c1-4-6-15-9-12-14-11(8-16-12)7-13-10(3)5-2/h8,10,13H,4-7,9H2,1-3H3. The van der Waals surface area contributed by atoms with Gasteiger partial charge in [-0.05, 0) is 25.5 Å². The van der Waals surface area contributed by atoms with Crippen LogP contribution < -0.4 is 5.32 Å². The first-order chi connectivity index (χ1) is 7.76. The van der Waals surface area contributed by atoms with Crippen molar-refractivity contribution in [2.75, 3.05) is 5.75 Å². The van der Waals surface area contributed by atoms with Crippen LogP contribution in [0.15, 0.2) is 5.38 Å². The van der Waals surface area contributed by atoms with Crippen LogP contribution in [0.4, 0.5) is 0 Å². The van der Waals surface area contributed by atoms with E-state index >= 15 is 0 Å². The normalized spacial score (nSPS) is 12.9. The van der Waals surface area contributed by atoms with E-state index in [1.807, 2.05) is 11.8 Å². The SMILES string of the molecule is CCCSCc1nc(CNC(C)CC)cs1. The molecule has 1 rings (SSSR count). The molecule has 92 valence electrons. The van der Waals surface area contributed by atoms with E-state index in [2.05, 4.69) is 36.5 Å². The first kappa shape index (κ1) is 14.0. The van der Waals surface area contributed by atoms with Gasteiger partial charge in [-0.1, -0.05) is 13.8 Å². The van der Waals surface area contributed by atoms with Crippen molar-refractivity contribution in [1.82, 2.24) is 10.3 Å². The lowest BCUT2D eigenvalue weighted by atomic mass is 10.2. The van der Waals surface area contributed by atoms with E-state index in [1.165, 1.54) is 29.3 Å². The fourth-order valence-corrected chi connectivity index (χ4v) is 3.00. The van der Waals surface area contributed by atoms with E-state index < -0.39 is 0 Å². The first-order valence-corrected chi connectivity index (χ1v) is 8.04. The summed E-state index contributed by atoms with van der Waals surface area (Å²) >= 11 is 3.76. The summed E-state index contributed by atoms with van der Waals surface area (Å²) < 4.78 is 0. The molecule has 1 N–H and O–H groups in total. The van der Waals surface area contributed by atoms with Crippen LogP contribution in [0.5, 0.6) is 0 Å². The van der Waals surface area contributed by atoms with Crippen molar-refractivity contribution in [3.63, 3.8) is 0 Å². The highest BCUT2D eigenvalue weighted by Crippen LogP contribution is 2.17. The van der Waals surface area contributed by atoms with Crippen LogP contribution in [0.25, 0.3) is 0 Å². The number of nitrogens with zero attached hydrogens (tertiary/aromatic N) is 1. The van der Waals surface area contributed by atoms with Crippen molar-refractivity contribution in [2.24, 2.45) is 0 Å². The Morgan fingerprint density at radius 1 is 1.50 bits per heavy atom. The van der Waals surface area contributed by atoms with Crippen LogP contribution >= 0.6 is 23.1 Å². The molecule has 2 nitrogen and oxygen atoms in total. The number of hydrogen-bond donors (Lipinski definition) is 1. The quantitative estimate of drug-likeness (QED) is 0.720. The average Bonchev–Trinajstić information content (AvgIpc) is 2.74. The van der Waals surface area contributed by atoms with Gasteiger partial charge in [0.1, 0.15) is 5.01 Å². The summed E-state index contributed by atoms with van der Waals surface area (Å²) in [6, 6.07) is 0.583. The molecule has 0 spiro atoms. The van der Waals surface area contributed by atoms with Gasteiger partial charge < -0.3 is 5.32 Å². The molecule has 16 heavy (non-hydrogen) atoms. The maximum Gasteiger partial charge on any atom is 0.103 e. The van der Waals surface area contributed by atoms with E-state index in [9.17, 15) is 0 Å². The number of hydrogen-bond acceptors (Lipinski definition) is 4. The first-order valence-electron chi connectivity index (χ1n) is 6.00. The average molecular weight is 258 g/mol. The molecule has 0 aromatic carbocycles. The summed E-state index contributed by atoms with van der Waals surface area (Å²) in [6.07, 6.45) is 2.42.